The number of hydrogen-bond acceptors (Lipinski definition) is 8. The fourth-order valence-corrected chi connectivity index (χ4v) is 4.39. The van der Waals surface area contributed by atoms with Crippen molar-refractivity contribution >= 4 is 29.5 Å². The second-order valence-corrected chi connectivity index (χ2v) is 9.56. The SMILES string of the molecule is CSc1nnc([C@H](CC(C)C)C(=O)NC(=O)[C@@H]2CCCC[C@@H]2NC(=O)c2ccc(C#N)cc2)o1. The van der Waals surface area contributed by atoms with Gasteiger partial charge in [-0.1, -0.05) is 38.5 Å². The molecule has 1 aromatic carbocycles. The van der Waals surface area contributed by atoms with E-state index < -0.39 is 23.7 Å². The molecule has 0 aliphatic heterocycles. The van der Waals surface area contributed by atoms with Crippen LogP contribution in [0.2, 0.25) is 0 Å². The first-order valence-corrected chi connectivity index (χ1v) is 12.6. The lowest BCUT2D eigenvalue weighted by molar-refractivity contribution is -0.135. The second-order valence-electron chi connectivity index (χ2n) is 8.81. The van der Waals surface area contributed by atoms with Crippen molar-refractivity contribution in [3.05, 3.63) is 41.3 Å². The Labute approximate surface area is 203 Å². The molecular weight excluding hydrogens is 454 g/mol. The van der Waals surface area contributed by atoms with E-state index in [4.69, 9.17) is 9.68 Å². The highest BCUT2D eigenvalue weighted by atomic mass is 32.2. The van der Waals surface area contributed by atoms with Gasteiger partial charge in [-0.2, -0.15) is 5.26 Å². The number of amides is 3. The third kappa shape index (κ3) is 6.44. The number of hydrogen-bond donors (Lipinski definition) is 2. The number of imide groups is 1. The number of nitriles is 1. The molecule has 2 N–H and O–H groups in total. The molecule has 180 valence electrons. The highest BCUT2D eigenvalue weighted by molar-refractivity contribution is 7.98. The highest BCUT2D eigenvalue weighted by Crippen LogP contribution is 2.28. The van der Waals surface area contributed by atoms with Crippen molar-refractivity contribution < 1.29 is 18.8 Å². The smallest absolute Gasteiger partial charge is 0.276 e. The van der Waals surface area contributed by atoms with Gasteiger partial charge in [-0.3, -0.25) is 19.7 Å². The first-order valence-electron chi connectivity index (χ1n) is 11.4. The van der Waals surface area contributed by atoms with E-state index in [1.54, 1.807) is 30.5 Å². The summed E-state index contributed by atoms with van der Waals surface area (Å²) in [6, 6.07) is 7.95. The van der Waals surface area contributed by atoms with E-state index in [9.17, 15) is 14.4 Å². The summed E-state index contributed by atoms with van der Waals surface area (Å²) in [6.45, 7) is 3.95. The van der Waals surface area contributed by atoms with Gasteiger partial charge in [0.2, 0.25) is 17.7 Å². The van der Waals surface area contributed by atoms with E-state index in [1.807, 2.05) is 19.9 Å². The molecule has 0 bridgehead atoms. The molecule has 3 amide bonds. The predicted octanol–water partition coefficient (Wildman–Crippen LogP) is 3.42. The molecule has 1 aliphatic rings. The number of nitrogens with one attached hydrogen (secondary N) is 2. The van der Waals surface area contributed by atoms with Crippen LogP contribution in [0.1, 0.15) is 73.7 Å². The molecule has 3 atom stereocenters. The van der Waals surface area contributed by atoms with Crippen LogP contribution in [-0.2, 0) is 9.59 Å². The number of nitrogens with zero attached hydrogens (tertiary/aromatic N) is 3. The zero-order chi connectivity index (χ0) is 24.7. The van der Waals surface area contributed by atoms with Gasteiger partial charge in [0, 0.05) is 11.6 Å². The van der Waals surface area contributed by atoms with Crippen molar-refractivity contribution in [1.82, 2.24) is 20.8 Å². The standard InChI is InChI=1S/C24H29N5O4S/c1-14(2)12-18(23-28-29-24(33-23)34-3)22(32)27-21(31)17-6-4-5-7-19(17)26-20(30)16-10-8-15(13-25)9-11-16/h8-11,14,17-19H,4-7,12H2,1-3H3,(H,26,30)(H,27,31,32)/t17-,18-,19+/m1/s1. The van der Waals surface area contributed by atoms with Gasteiger partial charge in [-0.25, -0.2) is 0 Å². The first kappa shape index (κ1) is 25.4. The van der Waals surface area contributed by atoms with Crippen LogP contribution in [0.4, 0.5) is 0 Å². The Bertz CT molecular complexity index is 1060. The van der Waals surface area contributed by atoms with Crippen LogP contribution in [0.15, 0.2) is 33.9 Å². The van der Waals surface area contributed by atoms with Gasteiger partial charge < -0.3 is 9.73 Å². The largest absolute Gasteiger partial charge is 0.415 e. The van der Waals surface area contributed by atoms with Gasteiger partial charge in [-0.05, 0) is 55.7 Å². The molecule has 1 aliphatic carbocycles. The van der Waals surface area contributed by atoms with Gasteiger partial charge in [0.1, 0.15) is 5.92 Å². The van der Waals surface area contributed by atoms with Gasteiger partial charge in [0.15, 0.2) is 0 Å². The number of aromatic nitrogens is 2. The van der Waals surface area contributed by atoms with Crippen LogP contribution < -0.4 is 10.6 Å². The maximum Gasteiger partial charge on any atom is 0.276 e. The van der Waals surface area contributed by atoms with E-state index in [2.05, 4.69) is 20.8 Å². The summed E-state index contributed by atoms with van der Waals surface area (Å²) >= 11 is 1.29. The highest BCUT2D eigenvalue weighted by Gasteiger charge is 2.35. The number of rotatable bonds is 8. The lowest BCUT2D eigenvalue weighted by Gasteiger charge is -2.31. The molecular formula is C24H29N5O4S. The molecule has 0 unspecified atom stereocenters. The average Bonchev–Trinajstić information content (AvgIpc) is 3.31. The minimum absolute atomic E-state index is 0.171. The lowest BCUT2D eigenvalue weighted by atomic mass is 9.83. The van der Waals surface area contributed by atoms with Gasteiger partial charge in [0.25, 0.3) is 11.1 Å². The third-order valence-corrected chi connectivity index (χ3v) is 6.37. The van der Waals surface area contributed by atoms with E-state index in [1.165, 1.54) is 11.8 Å². The van der Waals surface area contributed by atoms with Crippen LogP contribution in [0.5, 0.6) is 0 Å². The Morgan fingerprint density at radius 2 is 1.88 bits per heavy atom. The molecule has 1 saturated carbocycles. The van der Waals surface area contributed by atoms with Crippen LogP contribution in [0, 0.1) is 23.2 Å². The molecule has 1 heterocycles. The Kier molecular flexibility index (Phi) is 8.82. The lowest BCUT2D eigenvalue weighted by Crippen LogP contribution is -2.50. The fourth-order valence-electron chi connectivity index (χ4n) is 4.10. The van der Waals surface area contributed by atoms with Gasteiger partial charge >= 0.3 is 0 Å². The predicted molar refractivity (Wildman–Crippen MR) is 126 cm³/mol. The molecule has 34 heavy (non-hydrogen) atoms. The Morgan fingerprint density at radius 3 is 2.50 bits per heavy atom. The maximum atomic E-state index is 13.1. The zero-order valence-electron chi connectivity index (χ0n) is 19.5. The van der Waals surface area contributed by atoms with Gasteiger partial charge in [-0.15, -0.1) is 10.2 Å². The Hall–Kier alpha value is -3.19. The number of carbonyl (C=O) groups is 3. The number of carbonyl (C=O) groups excluding carboxylic acids is 3. The quantitative estimate of drug-likeness (QED) is 0.545. The molecule has 9 nitrogen and oxygen atoms in total. The summed E-state index contributed by atoms with van der Waals surface area (Å²) < 4.78 is 5.57. The minimum Gasteiger partial charge on any atom is -0.415 e. The average molecular weight is 484 g/mol. The van der Waals surface area contributed by atoms with E-state index in [0.717, 1.165) is 12.8 Å². The minimum atomic E-state index is -0.729. The third-order valence-electron chi connectivity index (χ3n) is 5.86. The second kappa shape index (κ2) is 11.8. The van der Waals surface area contributed by atoms with Crippen molar-refractivity contribution in [2.45, 2.75) is 63.1 Å². The molecule has 0 radical (unpaired) electrons. The normalized spacial score (nSPS) is 18.7. The first-order chi connectivity index (χ1) is 16.3. The summed E-state index contributed by atoms with van der Waals surface area (Å²) in [5.41, 5.74) is 0.879. The summed E-state index contributed by atoms with van der Waals surface area (Å²) in [5.74, 6) is -2.08. The monoisotopic (exact) mass is 483 g/mol. The topological polar surface area (TPSA) is 138 Å². The summed E-state index contributed by atoms with van der Waals surface area (Å²) in [4.78, 5) is 38.9. The van der Waals surface area contributed by atoms with Crippen molar-refractivity contribution in [2.24, 2.45) is 11.8 Å². The molecule has 1 fully saturated rings. The van der Waals surface area contributed by atoms with Gasteiger partial charge in [0.05, 0.1) is 17.6 Å². The fraction of sp³-hybridized carbons (Fsp3) is 0.500. The summed E-state index contributed by atoms with van der Waals surface area (Å²) in [5, 5.41) is 22.7. The van der Waals surface area contributed by atoms with E-state index in [-0.39, 0.29) is 23.8 Å². The van der Waals surface area contributed by atoms with Crippen LogP contribution in [0.3, 0.4) is 0 Å². The van der Waals surface area contributed by atoms with E-state index in [0.29, 0.717) is 35.6 Å². The summed E-state index contributed by atoms with van der Waals surface area (Å²) in [6.07, 6.45) is 5.19. The van der Waals surface area contributed by atoms with Crippen LogP contribution in [0.25, 0.3) is 0 Å². The molecule has 1 aromatic heterocycles. The Morgan fingerprint density at radius 1 is 1.18 bits per heavy atom. The number of thioether (sulfide) groups is 1. The summed E-state index contributed by atoms with van der Waals surface area (Å²) in [7, 11) is 0. The molecule has 0 saturated heterocycles. The molecule has 3 rings (SSSR count). The van der Waals surface area contributed by atoms with Crippen LogP contribution >= 0.6 is 11.8 Å². The molecule has 0 spiro atoms. The zero-order valence-corrected chi connectivity index (χ0v) is 20.4. The molecule has 2 aromatic rings. The van der Waals surface area contributed by atoms with Crippen molar-refractivity contribution in [3.8, 4) is 6.07 Å². The van der Waals surface area contributed by atoms with Crippen molar-refractivity contribution in [2.75, 3.05) is 6.26 Å². The van der Waals surface area contributed by atoms with E-state index >= 15 is 0 Å². The van der Waals surface area contributed by atoms with Crippen molar-refractivity contribution in [1.29, 1.82) is 5.26 Å². The number of benzene rings is 1. The maximum absolute atomic E-state index is 13.1. The Balaban J connectivity index is 1.69. The van der Waals surface area contributed by atoms with Crippen LogP contribution in [-0.4, -0.2) is 40.2 Å². The van der Waals surface area contributed by atoms with Crippen molar-refractivity contribution in [3.63, 3.8) is 0 Å². The molecule has 10 heteroatoms.